The summed E-state index contributed by atoms with van der Waals surface area (Å²) in [7, 11) is 3.05. The maximum Gasteiger partial charge on any atom is 0.245 e. The lowest BCUT2D eigenvalue weighted by Gasteiger charge is -2.34. The molecule has 0 aliphatic carbocycles. The largest absolute Gasteiger partial charge is 0.366 e. The van der Waals surface area contributed by atoms with Crippen molar-refractivity contribution in [1.29, 1.82) is 0 Å². The number of amides is 3. The molecule has 0 saturated carbocycles. The van der Waals surface area contributed by atoms with Gasteiger partial charge in [0.2, 0.25) is 17.7 Å². The zero-order valence-electron chi connectivity index (χ0n) is 21.9. The van der Waals surface area contributed by atoms with Crippen molar-refractivity contribution in [2.24, 2.45) is 0 Å². The summed E-state index contributed by atoms with van der Waals surface area (Å²) in [5.74, 6) is -1.37. The van der Waals surface area contributed by atoms with Crippen molar-refractivity contribution in [2.45, 2.75) is 63.1 Å². The van der Waals surface area contributed by atoms with Crippen molar-refractivity contribution >= 4 is 17.7 Å². The maximum absolute atomic E-state index is 13.6. The predicted octanol–water partition coefficient (Wildman–Crippen LogP) is 1.37. The summed E-state index contributed by atoms with van der Waals surface area (Å²) in [5.41, 5.74) is 1.81. The van der Waals surface area contributed by atoms with Gasteiger partial charge in [-0.3, -0.25) is 14.4 Å². The van der Waals surface area contributed by atoms with E-state index in [4.69, 9.17) is 4.74 Å². The highest BCUT2D eigenvalue weighted by molar-refractivity contribution is 5.93. The molecular weight excluding hydrogens is 472 g/mol. The van der Waals surface area contributed by atoms with E-state index < -0.39 is 36.4 Å². The lowest BCUT2D eigenvalue weighted by Crippen LogP contribution is -2.57. The molecule has 9 heteroatoms. The molecule has 1 aliphatic heterocycles. The van der Waals surface area contributed by atoms with Crippen LogP contribution in [0.1, 0.15) is 43.7 Å². The van der Waals surface area contributed by atoms with E-state index >= 15 is 0 Å². The fraction of sp³-hybridized carbons (Fsp3) is 0.464. The van der Waals surface area contributed by atoms with Gasteiger partial charge < -0.3 is 30.7 Å². The second kappa shape index (κ2) is 13.3. The number of methoxy groups -OCH3 is 1. The fourth-order valence-corrected chi connectivity index (χ4v) is 4.74. The second-order valence-corrected chi connectivity index (χ2v) is 9.39. The molecular formula is C28H38N4O5. The third-order valence-corrected chi connectivity index (χ3v) is 6.93. The Kier molecular flexibility index (Phi) is 10.2. The summed E-state index contributed by atoms with van der Waals surface area (Å²) in [6.07, 6.45) is -0.140. The zero-order valence-corrected chi connectivity index (χ0v) is 21.9. The molecule has 4 N–H and O–H groups in total. The van der Waals surface area contributed by atoms with Gasteiger partial charge in [0.15, 0.2) is 6.29 Å². The Bertz CT molecular complexity index is 996. The quantitative estimate of drug-likeness (QED) is 0.339. The summed E-state index contributed by atoms with van der Waals surface area (Å²) in [4.78, 5) is 40.6. The SMILES string of the molecule is CN[C@@H](C)C(=O)N[C@@H](C)C(=O)N1CCC[C@H]1C(=O)N[C@H](C(O)OC)C(c1ccccc1)c1ccccc1. The van der Waals surface area contributed by atoms with Gasteiger partial charge in [0.1, 0.15) is 12.1 Å². The van der Waals surface area contributed by atoms with Crippen LogP contribution in [-0.2, 0) is 19.1 Å². The molecule has 200 valence electrons. The number of hydrogen-bond acceptors (Lipinski definition) is 6. The van der Waals surface area contributed by atoms with Gasteiger partial charge in [-0.2, -0.15) is 0 Å². The van der Waals surface area contributed by atoms with Crippen LogP contribution in [0.4, 0.5) is 0 Å². The van der Waals surface area contributed by atoms with Gasteiger partial charge in [-0.15, -0.1) is 0 Å². The molecule has 37 heavy (non-hydrogen) atoms. The molecule has 1 heterocycles. The van der Waals surface area contributed by atoms with E-state index in [9.17, 15) is 19.5 Å². The average Bonchev–Trinajstić information content (AvgIpc) is 3.42. The Morgan fingerprint density at radius 3 is 2.03 bits per heavy atom. The van der Waals surface area contributed by atoms with Gasteiger partial charge in [0, 0.05) is 19.6 Å². The smallest absolute Gasteiger partial charge is 0.245 e. The second-order valence-electron chi connectivity index (χ2n) is 9.39. The van der Waals surface area contributed by atoms with Gasteiger partial charge in [-0.1, -0.05) is 60.7 Å². The predicted molar refractivity (Wildman–Crippen MR) is 141 cm³/mol. The van der Waals surface area contributed by atoms with E-state index in [1.807, 2.05) is 60.7 Å². The van der Waals surface area contributed by atoms with Crippen LogP contribution in [0.15, 0.2) is 60.7 Å². The molecule has 0 aromatic heterocycles. The molecule has 1 saturated heterocycles. The fourth-order valence-electron chi connectivity index (χ4n) is 4.74. The number of hydrogen-bond donors (Lipinski definition) is 4. The third kappa shape index (κ3) is 6.94. The van der Waals surface area contributed by atoms with Crippen LogP contribution < -0.4 is 16.0 Å². The number of aliphatic hydroxyl groups is 1. The number of likely N-dealkylation sites (N-methyl/N-ethyl adjacent to an activating group) is 1. The number of carbonyl (C=O) groups excluding carboxylic acids is 3. The molecule has 2 aromatic carbocycles. The van der Waals surface area contributed by atoms with Crippen LogP contribution in [-0.4, -0.2) is 78.9 Å². The van der Waals surface area contributed by atoms with E-state index in [1.165, 1.54) is 12.0 Å². The minimum atomic E-state index is -1.29. The molecule has 0 spiro atoms. The number of ether oxygens (including phenoxy) is 1. The molecule has 0 bridgehead atoms. The summed E-state index contributed by atoms with van der Waals surface area (Å²) in [6.45, 7) is 3.74. The van der Waals surface area contributed by atoms with Crippen molar-refractivity contribution in [3.05, 3.63) is 71.8 Å². The monoisotopic (exact) mass is 510 g/mol. The Labute approximate surface area is 218 Å². The number of likely N-dealkylation sites (tertiary alicyclic amines) is 1. The highest BCUT2D eigenvalue weighted by Gasteiger charge is 2.40. The van der Waals surface area contributed by atoms with Crippen LogP contribution in [0.2, 0.25) is 0 Å². The Morgan fingerprint density at radius 1 is 0.946 bits per heavy atom. The van der Waals surface area contributed by atoms with E-state index in [2.05, 4.69) is 16.0 Å². The minimum Gasteiger partial charge on any atom is -0.366 e. The molecule has 3 amide bonds. The van der Waals surface area contributed by atoms with Gasteiger partial charge in [0.05, 0.1) is 12.1 Å². The third-order valence-electron chi connectivity index (χ3n) is 6.93. The number of aliphatic hydroxyl groups excluding tert-OH is 1. The van der Waals surface area contributed by atoms with Crippen molar-refractivity contribution in [2.75, 3.05) is 20.7 Å². The van der Waals surface area contributed by atoms with Gasteiger partial charge in [-0.05, 0) is 44.9 Å². The van der Waals surface area contributed by atoms with Crippen LogP contribution in [0, 0.1) is 0 Å². The highest BCUT2D eigenvalue weighted by atomic mass is 16.6. The molecule has 1 unspecified atom stereocenters. The van der Waals surface area contributed by atoms with E-state index in [-0.39, 0.29) is 17.7 Å². The van der Waals surface area contributed by atoms with E-state index in [1.54, 1.807) is 20.9 Å². The van der Waals surface area contributed by atoms with Crippen LogP contribution >= 0.6 is 0 Å². The maximum atomic E-state index is 13.6. The van der Waals surface area contributed by atoms with E-state index in [0.29, 0.717) is 19.4 Å². The zero-order chi connectivity index (χ0) is 26.9. The van der Waals surface area contributed by atoms with E-state index in [0.717, 1.165) is 11.1 Å². The van der Waals surface area contributed by atoms with Gasteiger partial charge in [-0.25, -0.2) is 0 Å². The first-order valence-corrected chi connectivity index (χ1v) is 12.7. The van der Waals surface area contributed by atoms with Crippen molar-refractivity contribution in [3.8, 4) is 0 Å². The Balaban J connectivity index is 1.83. The molecule has 9 nitrogen and oxygen atoms in total. The summed E-state index contributed by atoms with van der Waals surface area (Å²) >= 11 is 0. The van der Waals surface area contributed by atoms with Crippen LogP contribution in [0.3, 0.4) is 0 Å². The number of carbonyl (C=O) groups is 3. The lowest BCUT2D eigenvalue weighted by atomic mass is 9.84. The first-order chi connectivity index (χ1) is 17.8. The first kappa shape index (κ1) is 28.3. The van der Waals surface area contributed by atoms with Crippen LogP contribution in [0.25, 0.3) is 0 Å². The number of benzene rings is 2. The molecule has 2 aromatic rings. The van der Waals surface area contributed by atoms with Gasteiger partial charge >= 0.3 is 0 Å². The molecule has 3 rings (SSSR count). The van der Waals surface area contributed by atoms with Crippen molar-refractivity contribution < 1.29 is 24.2 Å². The molecule has 1 aliphatic rings. The number of nitrogens with one attached hydrogen (secondary N) is 3. The van der Waals surface area contributed by atoms with Gasteiger partial charge in [0.25, 0.3) is 0 Å². The van der Waals surface area contributed by atoms with Crippen LogP contribution in [0.5, 0.6) is 0 Å². The standard InChI is InChI=1S/C28H38N4O5/c1-18(29-3)25(33)30-19(2)27(35)32-17-11-16-22(32)26(34)31-24(28(36)37-4)23(20-12-7-5-8-13-20)21-14-9-6-10-15-21/h5-10,12-15,18-19,22-24,28-29,36H,11,16-17H2,1-4H3,(H,30,33)(H,31,34)/t18-,19-,22-,24-,28?/m0/s1. The van der Waals surface area contributed by atoms with Crippen molar-refractivity contribution in [1.82, 2.24) is 20.9 Å². The summed E-state index contributed by atoms with van der Waals surface area (Å²) in [5, 5.41) is 19.4. The Morgan fingerprint density at radius 2 is 1.51 bits per heavy atom. The lowest BCUT2D eigenvalue weighted by molar-refractivity contribution is -0.144. The normalized spacial score (nSPS) is 18.6. The summed E-state index contributed by atoms with van der Waals surface area (Å²) < 4.78 is 5.30. The Hall–Kier alpha value is -3.27. The topological polar surface area (TPSA) is 120 Å². The first-order valence-electron chi connectivity index (χ1n) is 12.7. The summed E-state index contributed by atoms with van der Waals surface area (Å²) in [6, 6.07) is 16.5. The average molecular weight is 511 g/mol. The molecule has 0 radical (unpaired) electrons. The number of nitrogens with zero attached hydrogens (tertiary/aromatic N) is 1. The molecule has 5 atom stereocenters. The minimum absolute atomic E-state index is 0.291. The molecule has 1 fully saturated rings. The van der Waals surface area contributed by atoms with Crippen molar-refractivity contribution in [3.63, 3.8) is 0 Å². The number of rotatable bonds is 11. The highest BCUT2D eigenvalue weighted by Crippen LogP contribution is 2.30.